The molecule has 1 aromatic carbocycles. The minimum atomic E-state index is -0.955. The van der Waals surface area contributed by atoms with Gasteiger partial charge in [0, 0.05) is 30.4 Å². The van der Waals surface area contributed by atoms with Crippen LogP contribution in [0.2, 0.25) is 0 Å². The van der Waals surface area contributed by atoms with Crippen molar-refractivity contribution in [3.8, 4) is 0 Å². The Morgan fingerprint density at radius 2 is 2.15 bits per heavy atom. The number of anilines is 1. The molecule has 0 spiro atoms. The maximum atomic E-state index is 11.2. The Morgan fingerprint density at radius 3 is 2.80 bits per heavy atom. The second-order valence-electron chi connectivity index (χ2n) is 5.30. The van der Waals surface area contributed by atoms with E-state index in [9.17, 15) is 15.0 Å². The molecule has 1 aliphatic heterocycles. The summed E-state index contributed by atoms with van der Waals surface area (Å²) in [6.07, 6.45) is 2.23. The highest BCUT2D eigenvalue weighted by molar-refractivity contribution is 6.03. The van der Waals surface area contributed by atoms with E-state index in [2.05, 4.69) is 4.98 Å². The summed E-state index contributed by atoms with van der Waals surface area (Å²) in [6.45, 7) is 3.12. The minimum absolute atomic E-state index is 0.253. The second kappa shape index (κ2) is 4.45. The zero-order valence-electron chi connectivity index (χ0n) is 11.2. The van der Waals surface area contributed by atoms with Gasteiger partial charge in [-0.05, 0) is 30.7 Å². The largest absolute Gasteiger partial charge is 0.478 e. The number of benzene rings is 1. The number of nitrogens with zero attached hydrogens (tertiary/aromatic N) is 2. The number of fused-ring (bicyclic) bond motifs is 1. The van der Waals surface area contributed by atoms with Crippen LogP contribution in [-0.4, -0.2) is 39.9 Å². The fourth-order valence-electron chi connectivity index (χ4n) is 2.59. The molecule has 1 aromatic heterocycles. The van der Waals surface area contributed by atoms with Crippen LogP contribution in [0, 0.1) is 0 Å². The third kappa shape index (κ3) is 2.00. The van der Waals surface area contributed by atoms with Crippen molar-refractivity contribution in [2.45, 2.75) is 18.9 Å². The number of aromatic nitrogens is 1. The number of carbonyl (C=O) groups is 1. The predicted octanol–water partition coefficient (Wildman–Crippen LogP) is 1.89. The molecule has 2 N–H and O–H groups in total. The first-order valence-corrected chi connectivity index (χ1v) is 6.62. The molecule has 0 saturated carbocycles. The lowest BCUT2D eigenvalue weighted by molar-refractivity contribution is 0.00853. The lowest BCUT2D eigenvalue weighted by atomic mass is 9.90. The molecule has 1 saturated heterocycles. The van der Waals surface area contributed by atoms with E-state index in [1.165, 1.54) is 12.3 Å². The summed E-state index contributed by atoms with van der Waals surface area (Å²) >= 11 is 0. The molecule has 0 bridgehead atoms. The highest BCUT2D eigenvalue weighted by atomic mass is 16.4. The highest BCUT2D eigenvalue weighted by Crippen LogP contribution is 2.32. The van der Waals surface area contributed by atoms with Crippen LogP contribution >= 0.6 is 0 Å². The summed E-state index contributed by atoms with van der Waals surface area (Å²) in [5, 5.41) is 19.9. The maximum absolute atomic E-state index is 11.2. The van der Waals surface area contributed by atoms with E-state index < -0.39 is 11.6 Å². The first-order valence-electron chi connectivity index (χ1n) is 6.62. The molecule has 0 radical (unpaired) electrons. The van der Waals surface area contributed by atoms with Gasteiger partial charge in [-0.1, -0.05) is 6.92 Å². The smallest absolute Gasteiger partial charge is 0.336 e. The summed E-state index contributed by atoms with van der Waals surface area (Å²) in [4.78, 5) is 17.5. The average Bonchev–Trinajstić information content (AvgIpc) is 2.42. The Kier molecular flexibility index (Phi) is 2.87. The van der Waals surface area contributed by atoms with Gasteiger partial charge in [0.15, 0.2) is 0 Å². The number of rotatable bonds is 3. The van der Waals surface area contributed by atoms with Crippen molar-refractivity contribution in [2.75, 3.05) is 18.0 Å². The Hall–Kier alpha value is -2.14. The molecule has 0 aliphatic carbocycles. The van der Waals surface area contributed by atoms with E-state index in [4.69, 9.17) is 0 Å². The first-order chi connectivity index (χ1) is 9.52. The van der Waals surface area contributed by atoms with Crippen LogP contribution in [0.3, 0.4) is 0 Å². The second-order valence-corrected chi connectivity index (χ2v) is 5.30. The highest BCUT2D eigenvalue weighted by Gasteiger charge is 2.39. The summed E-state index contributed by atoms with van der Waals surface area (Å²) in [7, 11) is 0. The lowest BCUT2D eigenvalue weighted by Crippen LogP contribution is -2.61. The minimum Gasteiger partial charge on any atom is -0.478 e. The number of pyridine rings is 1. The van der Waals surface area contributed by atoms with Crippen molar-refractivity contribution in [2.24, 2.45) is 0 Å². The third-order valence-corrected chi connectivity index (χ3v) is 3.95. The zero-order chi connectivity index (χ0) is 14.3. The standard InChI is InChI=1S/C15H16N2O3/c1-2-15(20)8-17(9-15)10-3-4-13-12(7-10)11(14(18)19)5-6-16-13/h3-7,20H,2,8-9H2,1H3,(H,18,19). The number of carboxylic acid groups (broad SMARTS) is 1. The van der Waals surface area contributed by atoms with E-state index >= 15 is 0 Å². The Morgan fingerprint density at radius 1 is 1.40 bits per heavy atom. The molecule has 0 unspecified atom stereocenters. The SMILES string of the molecule is CCC1(O)CN(c2ccc3nccc(C(=O)O)c3c2)C1. The Balaban J connectivity index is 1.99. The van der Waals surface area contributed by atoms with Crippen LogP contribution < -0.4 is 4.90 Å². The number of aliphatic hydroxyl groups is 1. The normalized spacial score (nSPS) is 17.0. The molecule has 1 aliphatic rings. The van der Waals surface area contributed by atoms with Crippen molar-refractivity contribution < 1.29 is 15.0 Å². The van der Waals surface area contributed by atoms with Crippen molar-refractivity contribution in [1.82, 2.24) is 4.98 Å². The predicted molar refractivity (Wildman–Crippen MR) is 76.2 cm³/mol. The summed E-state index contributed by atoms with van der Waals surface area (Å²) in [6, 6.07) is 7.07. The summed E-state index contributed by atoms with van der Waals surface area (Å²) in [5.41, 5.74) is 1.23. The number of hydrogen-bond donors (Lipinski definition) is 2. The molecule has 1 fully saturated rings. The molecule has 5 heteroatoms. The van der Waals surface area contributed by atoms with Crippen molar-refractivity contribution in [3.63, 3.8) is 0 Å². The van der Waals surface area contributed by atoms with Crippen LogP contribution in [0.4, 0.5) is 5.69 Å². The summed E-state index contributed by atoms with van der Waals surface area (Å²) < 4.78 is 0. The molecule has 20 heavy (non-hydrogen) atoms. The van der Waals surface area contributed by atoms with Gasteiger partial charge in [0.05, 0.1) is 16.7 Å². The molecule has 104 valence electrons. The Labute approximate surface area is 116 Å². The quantitative estimate of drug-likeness (QED) is 0.892. The molecule has 3 rings (SSSR count). The van der Waals surface area contributed by atoms with Crippen LogP contribution in [-0.2, 0) is 0 Å². The fourth-order valence-corrected chi connectivity index (χ4v) is 2.59. The van der Waals surface area contributed by atoms with E-state index in [0.29, 0.717) is 24.0 Å². The molecule has 0 atom stereocenters. The fraction of sp³-hybridized carbons (Fsp3) is 0.333. The molecular weight excluding hydrogens is 256 g/mol. The summed E-state index contributed by atoms with van der Waals surface area (Å²) in [5.74, 6) is -0.955. The van der Waals surface area contributed by atoms with Gasteiger partial charge in [-0.3, -0.25) is 4.98 Å². The maximum Gasteiger partial charge on any atom is 0.336 e. The van der Waals surface area contributed by atoms with Gasteiger partial charge in [0.2, 0.25) is 0 Å². The van der Waals surface area contributed by atoms with Gasteiger partial charge in [0.25, 0.3) is 0 Å². The first kappa shape index (κ1) is 12.9. The molecule has 2 heterocycles. The van der Waals surface area contributed by atoms with Crippen LogP contribution in [0.5, 0.6) is 0 Å². The number of hydrogen-bond acceptors (Lipinski definition) is 4. The molecular formula is C15H16N2O3. The van der Waals surface area contributed by atoms with Gasteiger partial charge < -0.3 is 15.1 Å². The van der Waals surface area contributed by atoms with Gasteiger partial charge in [0.1, 0.15) is 0 Å². The van der Waals surface area contributed by atoms with Crippen molar-refractivity contribution in [1.29, 1.82) is 0 Å². The van der Waals surface area contributed by atoms with Crippen LogP contribution in [0.25, 0.3) is 10.9 Å². The average molecular weight is 272 g/mol. The van der Waals surface area contributed by atoms with E-state index in [1.807, 2.05) is 30.0 Å². The number of β-amino-alcohol motifs (C(OH)–C–C–N with tert-alkyl or cyclic N) is 1. The third-order valence-electron chi connectivity index (χ3n) is 3.95. The van der Waals surface area contributed by atoms with Gasteiger partial charge in [-0.15, -0.1) is 0 Å². The van der Waals surface area contributed by atoms with Crippen molar-refractivity contribution >= 4 is 22.6 Å². The Bertz CT molecular complexity index is 678. The zero-order valence-corrected chi connectivity index (χ0v) is 11.2. The molecule has 0 amide bonds. The monoisotopic (exact) mass is 272 g/mol. The van der Waals surface area contributed by atoms with E-state index in [1.54, 1.807) is 0 Å². The lowest BCUT2D eigenvalue weighted by Gasteiger charge is -2.47. The van der Waals surface area contributed by atoms with Crippen LogP contribution in [0.1, 0.15) is 23.7 Å². The number of aromatic carboxylic acids is 1. The number of carboxylic acids is 1. The molecule has 2 aromatic rings. The van der Waals surface area contributed by atoms with Crippen molar-refractivity contribution in [3.05, 3.63) is 36.0 Å². The van der Waals surface area contributed by atoms with Gasteiger partial charge >= 0.3 is 5.97 Å². The van der Waals surface area contributed by atoms with Gasteiger partial charge in [-0.25, -0.2) is 4.79 Å². The topological polar surface area (TPSA) is 73.7 Å². The molecule has 5 nitrogen and oxygen atoms in total. The van der Waals surface area contributed by atoms with Crippen LogP contribution in [0.15, 0.2) is 30.5 Å². The van der Waals surface area contributed by atoms with E-state index in [0.717, 1.165) is 12.1 Å². The van der Waals surface area contributed by atoms with Gasteiger partial charge in [-0.2, -0.15) is 0 Å². The van der Waals surface area contributed by atoms with E-state index in [-0.39, 0.29) is 5.56 Å².